The van der Waals surface area contributed by atoms with E-state index >= 15 is 0 Å². The van der Waals surface area contributed by atoms with Gasteiger partial charge in [0.15, 0.2) is 17.2 Å². The number of allylic oxidation sites excluding steroid dienone is 1. The zero-order valence-corrected chi connectivity index (χ0v) is 21.7. The van der Waals surface area contributed by atoms with Crippen molar-refractivity contribution in [2.75, 3.05) is 0 Å². The van der Waals surface area contributed by atoms with Gasteiger partial charge in [0.05, 0.1) is 10.0 Å². The molecule has 3 fully saturated rings. The first-order valence-corrected chi connectivity index (χ1v) is 13.2. The van der Waals surface area contributed by atoms with Crippen LogP contribution in [0.5, 0.6) is 0 Å². The van der Waals surface area contributed by atoms with Crippen molar-refractivity contribution in [3.63, 3.8) is 0 Å². The second-order valence-corrected chi connectivity index (χ2v) is 12.1. The highest BCUT2D eigenvalue weighted by molar-refractivity contribution is 9.12. The van der Waals surface area contributed by atoms with Gasteiger partial charge in [0.2, 0.25) is 0 Å². The van der Waals surface area contributed by atoms with Gasteiger partial charge < -0.3 is 4.74 Å². The highest BCUT2D eigenvalue weighted by Crippen LogP contribution is 2.69. The van der Waals surface area contributed by atoms with Crippen molar-refractivity contribution in [3.8, 4) is 0 Å². The summed E-state index contributed by atoms with van der Waals surface area (Å²) in [6, 6.07) is 5.30. The van der Waals surface area contributed by atoms with E-state index in [9.17, 15) is 18.8 Å². The molecule has 0 N–H and O–H groups in total. The molecule has 6 atom stereocenters. The summed E-state index contributed by atoms with van der Waals surface area (Å²) in [4.78, 5) is 38.6. The molecule has 0 saturated heterocycles. The van der Waals surface area contributed by atoms with Crippen LogP contribution < -0.4 is 0 Å². The molecule has 1 aromatic rings. The van der Waals surface area contributed by atoms with Crippen LogP contribution in [0, 0.1) is 34.4 Å². The van der Waals surface area contributed by atoms with Crippen molar-refractivity contribution < 1.29 is 23.5 Å². The van der Waals surface area contributed by atoms with Crippen LogP contribution in [0.25, 0.3) is 0 Å². The van der Waals surface area contributed by atoms with Gasteiger partial charge in [0, 0.05) is 11.8 Å². The highest BCUT2D eigenvalue weighted by Gasteiger charge is 2.68. The zero-order chi connectivity index (χ0) is 24.5. The molecule has 0 aromatic heterocycles. The van der Waals surface area contributed by atoms with Gasteiger partial charge in [-0.2, -0.15) is 0 Å². The Kier molecular flexibility index (Phi) is 5.70. The maximum Gasteiger partial charge on any atom is 0.339 e. The lowest BCUT2D eigenvalue weighted by molar-refractivity contribution is -0.161. The second-order valence-electron chi connectivity index (χ2n) is 11.3. The predicted octanol–water partition coefficient (Wildman–Crippen LogP) is 6.56. The minimum Gasteiger partial charge on any atom is -0.447 e. The van der Waals surface area contributed by atoms with Crippen LogP contribution in [0.15, 0.2) is 34.3 Å². The standard InChI is InChI=1S/C28H32BrFO4/c1-16(31)28(34-25(33)17-4-6-18(30)7-5-17)15-11-21-19-8-9-22-24(29)23(32)12-13-26(22,2)20(19)10-14-27(21,28)3/h4-7,19-21H,8-15H2,1-3H3/t19-,20+,21+,26-,27+,28+/m1/s1. The number of esters is 1. The van der Waals surface area contributed by atoms with Crippen LogP contribution in [-0.2, 0) is 14.3 Å². The minimum atomic E-state index is -1.16. The van der Waals surface area contributed by atoms with E-state index in [0.29, 0.717) is 24.7 Å². The average molecular weight is 531 g/mol. The molecule has 0 amide bonds. The van der Waals surface area contributed by atoms with Gasteiger partial charge in [0.25, 0.3) is 0 Å². The van der Waals surface area contributed by atoms with Crippen molar-refractivity contribution >= 4 is 33.5 Å². The normalized spacial score (nSPS) is 39.2. The summed E-state index contributed by atoms with van der Waals surface area (Å²) in [5.41, 5.74) is -0.0430. The molecular formula is C28H32BrFO4. The fourth-order valence-corrected chi connectivity index (χ4v) is 9.12. The number of fused-ring (bicyclic) bond motifs is 5. The van der Waals surface area contributed by atoms with Gasteiger partial charge in [0.1, 0.15) is 5.82 Å². The zero-order valence-electron chi connectivity index (χ0n) is 20.1. The van der Waals surface area contributed by atoms with Gasteiger partial charge in [-0.05, 0) is 121 Å². The molecule has 4 nitrogen and oxygen atoms in total. The number of ketones is 2. The lowest BCUT2D eigenvalue weighted by atomic mass is 9.46. The number of ether oxygens (including phenoxy) is 1. The second kappa shape index (κ2) is 8.11. The quantitative estimate of drug-likeness (QED) is 0.415. The summed E-state index contributed by atoms with van der Waals surface area (Å²) in [5.74, 6) is 0.327. The number of rotatable bonds is 3. The van der Waals surface area contributed by atoms with Crippen molar-refractivity contribution in [1.82, 2.24) is 0 Å². The topological polar surface area (TPSA) is 60.4 Å². The number of hydrogen-bond donors (Lipinski definition) is 0. The molecule has 0 spiro atoms. The van der Waals surface area contributed by atoms with E-state index in [2.05, 4.69) is 29.8 Å². The molecule has 34 heavy (non-hydrogen) atoms. The molecule has 0 bridgehead atoms. The summed E-state index contributed by atoms with van der Waals surface area (Å²) in [7, 11) is 0. The van der Waals surface area contributed by atoms with Gasteiger partial charge >= 0.3 is 5.97 Å². The minimum absolute atomic E-state index is 0.00323. The molecule has 3 saturated carbocycles. The summed E-state index contributed by atoms with van der Waals surface area (Å²) < 4.78 is 20.3. The summed E-state index contributed by atoms with van der Waals surface area (Å²) in [6.45, 7) is 6.02. The maximum atomic E-state index is 13.4. The van der Waals surface area contributed by atoms with Crippen LogP contribution in [0.3, 0.4) is 0 Å². The number of carbonyl (C=O) groups is 3. The lowest BCUT2D eigenvalue weighted by Crippen LogP contribution is -2.58. The molecular weight excluding hydrogens is 499 g/mol. The fourth-order valence-electron chi connectivity index (χ4n) is 8.27. The number of Topliss-reactive ketones (excluding diaryl/α,β-unsaturated/α-hetero) is 2. The Morgan fingerprint density at radius 1 is 1.00 bits per heavy atom. The van der Waals surface area contributed by atoms with Crippen molar-refractivity contribution in [2.45, 2.75) is 77.7 Å². The Labute approximate surface area is 208 Å². The van der Waals surface area contributed by atoms with E-state index < -0.39 is 22.8 Å². The molecule has 0 radical (unpaired) electrons. The summed E-state index contributed by atoms with van der Waals surface area (Å²) in [5, 5.41) is 0. The van der Waals surface area contributed by atoms with Crippen molar-refractivity contribution in [2.24, 2.45) is 28.6 Å². The van der Waals surface area contributed by atoms with E-state index in [0.717, 1.165) is 43.0 Å². The fraction of sp³-hybridized carbons (Fsp3) is 0.607. The molecule has 6 heteroatoms. The van der Waals surface area contributed by atoms with E-state index in [1.54, 1.807) is 6.92 Å². The third-order valence-corrected chi connectivity index (χ3v) is 11.0. The largest absolute Gasteiger partial charge is 0.447 e. The number of hydrogen-bond acceptors (Lipinski definition) is 4. The molecule has 182 valence electrons. The van der Waals surface area contributed by atoms with Gasteiger partial charge in [-0.25, -0.2) is 9.18 Å². The summed E-state index contributed by atoms with van der Waals surface area (Å²) >= 11 is 3.61. The van der Waals surface area contributed by atoms with E-state index in [4.69, 9.17) is 4.74 Å². The number of halogens is 2. The average Bonchev–Trinajstić information content (AvgIpc) is 3.10. The van der Waals surface area contributed by atoms with Gasteiger partial charge in [-0.15, -0.1) is 0 Å². The SMILES string of the molecule is CC(=O)[C@@]1(OC(=O)c2ccc(F)cc2)CC[C@H]2[C@@H]3CCC4=C(Br)C(=O)CC[C@]4(C)[C@H]3CC[C@@]21C. The van der Waals surface area contributed by atoms with Crippen LogP contribution in [0.1, 0.15) is 82.5 Å². The van der Waals surface area contributed by atoms with E-state index in [-0.39, 0.29) is 28.5 Å². The lowest BCUT2D eigenvalue weighted by Gasteiger charge is -2.59. The van der Waals surface area contributed by atoms with Crippen LogP contribution >= 0.6 is 15.9 Å². The first kappa shape index (κ1) is 23.9. The molecule has 0 aliphatic heterocycles. The Morgan fingerprint density at radius 2 is 1.68 bits per heavy atom. The van der Waals surface area contributed by atoms with Crippen LogP contribution in [-0.4, -0.2) is 23.1 Å². The summed E-state index contributed by atoms with van der Waals surface area (Å²) in [6.07, 6.45) is 6.51. The molecule has 5 rings (SSSR count). The molecule has 0 unspecified atom stereocenters. The third kappa shape index (κ3) is 3.23. The Bertz CT molecular complexity index is 1090. The highest BCUT2D eigenvalue weighted by atomic mass is 79.9. The maximum absolute atomic E-state index is 13.4. The number of benzene rings is 1. The third-order valence-electron chi connectivity index (χ3n) is 10.1. The van der Waals surface area contributed by atoms with Gasteiger partial charge in [-0.1, -0.05) is 13.8 Å². The predicted molar refractivity (Wildman–Crippen MR) is 130 cm³/mol. The van der Waals surface area contributed by atoms with Gasteiger partial charge in [-0.3, -0.25) is 9.59 Å². The van der Waals surface area contributed by atoms with E-state index in [1.807, 2.05) is 0 Å². The van der Waals surface area contributed by atoms with Crippen molar-refractivity contribution in [3.05, 3.63) is 45.7 Å². The first-order valence-electron chi connectivity index (χ1n) is 12.5. The Hall–Kier alpha value is -1.82. The first-order chi connectivity index (χ1) is 16.0. The Balaban J connectivity index is 1.47. The Morgan fingerprint density at radius 3 is 2.35 bits per heavy atom. The molecule has 0 heterocycles. The number of carbonyl (C=O) groups excluding carboxylic acids is 3. The molecule has 1 aromatic carbocycles. The molecule has 4 aliphatic carbocycles. The van der Waals surface area contributed by atoms with E-state index in [1.165, 1.54) is 29.8 Å². The van der Waals surface area contributed by atoms with Crippen LogP contribution in [0.4, 0.5) is 4.39 Å². The van der Waals surface area contributed by atoms with Crippen molar-refractivity contribution in [1.29, 1.82) is 0 Å². The smallest absolute Gasteiger partial charge is 0.339 e. The molecule has 4 aliphatic rings. The monoisotopic (exact) mass is 530 g/mol. The van der Waals surface area contributed by atoms with Crippen LogP contribution in [0.2, 0.25) is 0 Å².